The lowest BCUT2D eigenvalue weighted by atomic mass is 9.87. The molecular weight excluding hydrogens is 478 g/mol. The zero-order valence-electron chi connectivity index (χ0n) is 21.5. The number of carbonyl (C=O) groups excluding carboxylic acids is 2. The van der Waals surface area contributed by atoms with Gasteiger partial charge in [-0.25, -0.2) is 0 Å². The van der Waals surface area contributed by atoms with Gasteiger partial charge in [-0.2, -0.15) is 0 Å². The van der Waals surface area contributed by atoms with E-state index in [9.17, 15) is 9.59 Å². The van der Waals surface area contributed by atoms with E-state index in [0.717, 1.165) is 41.7 Å². The van der Waals surface area contributed by atoms with E-state index >= 15 is 0 Å². The van der Waals surface area contributed by atoms with Crippen molar-refractivity contribution in [3.05, 3.63) is 83.2 Å². The maximum absolute atomic E-state index is 13.6. The lowest BCUT2D eigenvalue weighted by Gasteiger charge is -2.38. The van der Waals surface area contributed by atoms with Crippen LogP contribution in [0.25, 0.3) is 0 Å². The Morgan fingerprint density at radius 3 is 2.79 bits per heavy atom. The second-order valence-corrected chi connectivity index (χ2v) is 10.5. The van der Waals surface area contributed by atoms with Crippen molar-refractivity contribution < 1.29 is 19.1 Å². The SMILES string of the molecule is O=C1NCCCOc2cccc(c2)C2c3ccc(cc3CCN2C(=O)CC2CCCC2)Oc2cncc1c2. The van der Waals surface area contributed by atoms with Crippen LogP contribution in [-0.2, 0) is 11.2 Å². The number of nitrogens with one attached hydrogen (secondary N) is 1. The van der Waals surface area contributed by atoms with E-state index in [-0.39, 0.29) is 17.9 Å². The van der Waals surface area contributed by atoms with Gasteiger partial charge >= 0.3 is 0 Å². The molecule has 4 aliphatic rings. The van der Waals surface area contributed by atoms with Crippen LogP contribution in [0.3, 0.4) is 0 Å². The third-order valence-corrected chi connectivity index (χ3v) is 7.86. The molecule has 4 heterocycles. The van der Waals surface area contributed by atoms with Gasteiger partial charge in [0.05, 0.1) is 24.4 Å². The minimum absolute atomic E-state index is 0.173. The molecule has 0 spiro atoms. The maximum Gasteiger partial charge on any atom is 0.252 e. The molecule has 1 N–H and O–H groups in total. The lowest BCUT2D eigenvalue weighted by molar-refractivity contribution is -0.134. The molecule has 1 saturated carbocycles. The molecule has 0 radical (unpaired) electrons. The zero-order valence-corrected chi connectivity index (χ0v) is 21.5. The predicted molar refractivity (Wildman–Crippen MR) is 143 cm³/mol. The number of rotatable bonds is 2. The Balaban J connectivity index is 1.38. The van der Waals surface area contributed by atoms with Gasteiger partial charge in [0, 0.05) is 25.7 Å². The van der Waals surface area contributed by atoms with Gasteiger partial charge < -0.3 is 19.7 Å². The number of carbonyl (C=O) groups is 2. The molecule has 38 heavy (non-hydrogen) atoms. The van der Waals surface area contributed by atoms with Crippen LogP contribution < -0.4 is 14.8 Å². The molecule has 3 aromatic rings. The third-order valence-electron chi connectivity index (χ3n) is 7.86. The average Bonchev–Trinajstić information content (AvgIpc) is 3.45. The van der Waals surface area contributed by atoms with Crippen LogP contribution in [0.5, 0.6) is 17.2 Å². The summed E-state index contributed by atoms with van der Waals surface area (Å²) in [6, 6.07) is 15.7. The molecule has 2 aromatic carbocycles. The summed E-state index contributed by atoms with van der Waals surface area (Å²) in [4.78, 5) is 32.5. The molecule has 0 saturated heterocycles. The Bertz CT molecular complexity index is 1330. The maximum atomic E-state index is 13.6. The van der Waals surface area contributed by atoms with Gasteiger partial charge in [0.25, 0.3) is 5.91 Å². The van der Waals surface area contributed by atoms with Crippen LogP contribution in [0.4, 0.5) is 0 Å². The van der Waals surface area contributed by atoms with Crippen LogP contribution in [0, 0.1) is 5.92 Å². The fraction of sp³-hybridized carbons (Fsp3) is 0.387. The van der Waals surface area contributed by atoms with Gasteiger partial charge in [-0.05, 0) is 78.6 Å². The monoisotopic (exact) mass is 511 g/mol. The zero-order chi connectivity index (χ0) is 25.9. The lowest BCUT2D eigenvalue weighted by Crippen LogP contribution is -2.41. The number of aromatic nitrogens is 1. The fourth-order valence-corrected chi connectivity index (χ4v) is 5.95. The first-order valence-corrected chi connectivity index (χ1v) is 13.7. The van der Waals surface area contributed by atoms with Gasteiger partial charge in [0.1, 0.15) is 17.2 Å². The third kappa shape index (κ3) is 5.23. The number of pyridine rings is 1. The number of hydrogen-bond acceptors (Lipinski definition) is 5. The highest BCUT2D eigenvalue weighted by molar-refractivity contribution is 5.94. The molecule has 7 rings (SSSR count). The number of fused-ring (bicyclic) bond motifs is 6. The average molecular weight is 512 g/mol. The molecule has 196 valence electrons. The molecule has 3 aliphatic heterocycles. The summed E-state index contributed by atoms with van der Waals surface area (Å²) in [6.07, 6.45) is 9.97. The van der Waals surface area contributed by atoms with Gasteiger partial charge in [-0.3, -0.25) is 14.6 Å². The molecule has 7 heteroatoms. The van der Waals surface area contributed by atoms with Gasteiger partial charge in [0.2, 0.25) is 5.91 Å². The molecule has 1 aromatic heterocycles. The largest absolute Gasteiger partial charge is 0.494 e. The second-order valence-electron chi connectivity index (χ2n) is 10.5. The standard InChI is InChI=1S/C31H33N3O4/c35-29(15-21-5-1-2-6-21)34-13-11-22-16-26-9-10-28(22)30(34)23-7-3-8-25(17-23)37-14-4-12-33-31(36)24-18-27(38-26)20-32-19-24/h3,7-10,16-21,30H,1-2,4-6,11-15H2,(H,33,36). The minimum atomic E-state index is -0.193. The molecule has 2 amide bonds. The number of amides is 2. The van der Waals surface area contributed by atoms with E-state index in [4.69, 9.17) is 9.47 Å². The van der Waals surface area contributed by atoms with Crippen molar-refractivity contribution >= 4 is 11.8 Å². The number of benzene rings is 2. The fourth-order valence-electron chi connectivity index (χ4n) is 5.95. The summed E-state index contributed by atoms with van der Waals surface area (Å²) in [6.45, 7) is 1.62. The molecule has 7 nitrogen and oxygen atoms in total. The van der Waals surface area contributed by atoms with Crippen molar-refractivity contribution in [2.24, 2.45) is 5.92 Å². The summed E-state index contributed by atoms with van der Waals surface area (Å²) in [5, 5.41) is 2.92. The highest BCUT2D eigenvalue weighted by Crippen LogP contribution is 2.40. The smallest absolute Gasteiger partial charge is 0.252 e. The number of hydrogen-bond donors (Lipinski definition) is 1. The quantitative estimate of drug-likeness (QED) is 0.496. The van der Waals surface area contributed by atoms with E-state index in [1.54, 1.807) is 12.3 Å². The van der Waals surface area contributed by atoms with Crippen molar-refractivity contribution in [1.29, 1.82) is 0 Å². The van der Waals surface area contributed by atoms with Crippen molar-refractivity contribution in [2.45, 2.75) is 51.0 Å². The van der Waals surface area contributed by atoms with Gasteiger partial charge in [0.15, 0.2) is 0 Å². The first-order valence-electron chi connectivity index (χ1n) is 13.7. The molecule has 1 aliphatic carbocycles. The Hall–Kier alpha value is -3.87. The van der Waals surface area contributed by atoms with E-state index in [1.807, 2.05) is 18.2 Å². The Kier molecular flexibility index (Phi) is 6.99. The van der Waals surface area contributed by atoms with Crippen molar-refractivity contribution in [1.82, 2.24) is 15.2 Å². The summed E-state index contributed by atoms with van der Waals surface area (Å²) in [5.41, 5.74) is 3.77. The number of ether oxygens (including phenoxy) is 2. The molecular formula is C31H33N3O4. The van der Waals surface area contributed by atoms with E-state index in [0.29, 0.717) is 55.5 Å². The van der Waals surface area contributed by atoms with E-state index in [2.05, 4.69) is 39.5 Å². The Labute approximate surface area is 223 Å². The molecule has 1 atom stereocenters. The summed E-state index contributed by atoms with van der Waals surface area (Å²) in [5.74, 6) is 2.50. The highest BCUT2D eigenvalue weighted by atomic mass is 16.5. The Morgan fingerprint density at radius 1 is 1.00 bits per heavy atom. The molecule has 1 unspecified atom stereocenters. The summed E-state index contributed by atoms with van der Waals surface area (Å²) in [7, 11) is 0. The summed E-state index contributed by atoms with van der Waals surface area (Å²) >= 11 is 0. The predicted octanol–water partition coefficient (Wildman–Crippen LogP) is 5.44. The van der Waals surface area contributed by atoms with Crippen LogP contribution in [0.15, 0.2) is 60.9 Å². The van der Waals surface area contributed by atoms with Crippen LogP contribution >= 0.6 is 0 Å². The number of nitrogens with zero attached hydrogens (tertiary/aromatic N) is 2. The molecule has 8 bridgehead atoms. The van der Waals surface area contributed by atoms with Crippen molar-refractivity contribution in [2.75, 3.05) is 19.7 Å². The normalized spacial score (nSPS) is 19.6. The Morgan fingerprint density at radius 2 is 1.89 bits per heavy atom. The molecule has 1 fully saturated rings. The second kappa shape index (κ2) is 10.9. The highest BCUT2D eigenvalue weighted by Gasteiger charge is 2.34. The summed E-state index contributed by atoms with van der Waals surface area (Å²) < 4.78 is 12.2. The van der Waals surface area contributed by atoms with Crippen molar-refractivity contribution in [3.8, 4) is 17.2 Å². The van der Waals surface area contributed by atoms with Gasteiger partial charge in [-0.1, -0.05) is 31.0 Å². The van der Waals surface area contributed by atoms with E-state index < -0.39 is 0 Å². The van der Waals surface area contributed by atoms with Gasteiger partial charge in [-0.15, -0.1) is 0 Å². The van der Waals surface area contributed by atoms with Crippen LogP contribution in [-0.4, -0.2) is 41.4 Å². The van der Waals surface area contributed by atoms with E-state index in [1.165, 1.54) is 19.0 Å². The first-order chi connectivity index (χ1) is 18.6. The van der Waals surface area contributed by atoms with Crippen molar-refractivity contribution in [3.63, 3.8) is 0 Å². The minimum Gasteiger partial charge on any atom is -0.494 e. The first kappa shape index (κ1) is 24.5. The van der Waals surface area contributed by atoms with Crippen LogP contribution in [0.2, 0.25) is 0 Å². The van der Waals surface area contributed by atoms with Crippen LogP contribution in [0.1, 0.15) is 71.6 Å². The topological polar surface area (TPSA) is 80.8 Å².